The smallest absolute Gasteiger partial charge is 0.239 e. The highest BCUT2D eigenvalue weighted by Gasteiger charge is 2.42. The van der Waals surface area contributed by atoms with Crippen molar-refractivity contribution in [2.45, 2.75) is 43.7 Å². The number of hydrogen-bond donors (Lipinski definition) is 1. The van der Waals surface area contributed by atoms with E-state index in [9.17, 15) is 4.79 Å². The summed E-state index contributed by atoms with van der Waals surface area (Å²) < 4.78 is 1.99. The van der Waals surface area contributed by atoms with Gasteiger partial charge in [-0.2, -0.15) is 10.2 Å². The standard InChI is InChI=1S/C17H22N6O/c1-22-15(6-8-19-22)12-9-13-4-5-14(10-12)23(13)11-17(24)20-16-3-2-7-18-21-16/h2-3,6-8,12-14H,4-5,9-11H2,1H3,(H,20,21,24). The van der Waals surface area contributed by atoms with Crippen molar-refractivity contribution in [1.82, 2.24) is 24.9 Å². The SMILES string of the molecule is Cn1nccc1C1CC2CCC(C1)N2CC(=O)Nc1cccnn1. The Labute approximate surface area is 141 Å². The van der Waals surface area contributed by atoms with Gasteiger partial charge < -0.3 is 5.32 Å². The lowest BCUT2D eigenvalue weighted by Crippen LogP contribution is -2.46. The molecule has 0 saturated carbocycles. The Hall–Kier alpha value is -2.28. The summed E-state index contributed by atoms with van der Waals surface area (Å²) in [7, 11) is 2.01. The van der Waals surface area contributed by atoms with Crippen LogP contribution in [0.25, 0.3) is 0 Å². The quantitative estimate of drug-likeness (QED) is 0.923. The number of piperidine rings is 1. The van der Waals surface area contributed by atoms with E-state index in [2.05, 4.69) is 31.6 Å². The zero-order chi connectivity index (χ0) is 16.5. The van der Waals surface area contributed by atoms with Crippen LogP contribution in [0.3, 0.4) is 0 Å². The van der Waals surface area contributed by atoms with E-state index in [-0.39, 0.29) is 5.91 Å². The lowest BCUT2D eigenvalue weighted by atomic mass is 9.88. The van der Waals surface area contributed by atoms with E-state index in [1.807, 2.05) is 17.9 Å². The van der Waals surface area contributed by atoms with Crippen molar-refractivity contribution in [3.63, 3.8) is 0 Å². The Morgan fingerprint density at radius 1 is 1.25 bits per heavy atom. The van der Waals surface area contributed by atoms with Gasteiger partial charge in [0.1, 0.15) is 0 Å². The van der Waals surface area contributed by atoms with Crippen molar-refractivity contribution in [2.24, 2.45) is 7.05 Å². The summed E-state index contributed by atoms with van der Waals surface area (Å²) in [6, 6.07) is 6.62. The Balaban J connectivity index is 1.40. The van der Waals surface area contributed by atoms with Crippen molar-refractivity contribution in [3.05, 3.63) is 36.3 Å². The summed E-state index contributed by atoms with van der Waals surface area (Å²) in [5.41, 5.74) is 1.32. The average molecular weight is 326 g/mol. The van der Waals surface area contributed by atoms with Crippen molar-refractivity contribution in [2.75, 3.05) is 11.9 Å². The van der Waals surface area contributed by atoms with Gasteiger partial charge in [0.25, 0.3) is 0 Å². The zero-order valence-corrected chi connectivity index (χ0v) is 13.8. The molecule has 2 saturated heterocycles. The normalized spacial score (nSPS) is 26.5. The molecule has 2 aromatic rings. The molecule has 2 aliphatic rings. The molecule has 0 aromatic carbocycles. The minimum Gasteiger partial charge on any atom is -0.308 e. The maximum atomic E-state index is 12.3. The second-order valence-electron chi connectivity index (χ2n) is 6.76. The summed E-state index contributed by atoms with van der Waals surface area (Å²) in [6.45, 7) is 0.435. The molecule has 2 aliphatic heterocycles. The number of nitrogens with one attached hydrogen (secondary N) is 1. The molecule has 4 heterocycles. The molecule has 126 valence electrons. The molecule has 7 nitrogen and oxygen atoms in total. The van der Waals surface area contributed by atoms with Crippen molar-refractivity contribution in [1.29, 1.82) is 0 Å². The van der Waals surface area contributed by atoms with Crippen molar-refractivity contribution in [3.8, 4) is 0 Å². The summed E-state index contributed by atoms with van der Waals surface area (Å²) in [4.78, 5) is 14.7. The van der Waals surface area contributed by atoms with Gasteiger partial charge in [0.05, 0.1) is 6.54 Å². The predicted molar refractivity (Wildman–Crippen MR) is 89.4 cm³/mol. The summed E-state index contributed by atoms with van der Waals surface area (Å²) in [6.07, 6.45) is 8.04. The van der Waals surface area contributed by atoms with E-state index in [4.69, 9.17) is 0 Å². The largest absolute Gasteiger partial charge is 0.308 e. The first-order chi connectivity index (χ1) is 11.7. The van der Waals surface area contributed by atoms with Gasteiger partial charge >= 0.3 is 0 Å². The van der Waals surface area contributed by atoms with E-state index < -0.39 is 0 Å². The van der Waals surface area contributed by atoms with Crippen LogP contribution in [-0.2, 0) is 11.8 Å². The molecule has 2 fully saturated rings. The molecule has 0 spiro atoms. The highest BCUT2D eigenvalue weighted by Crippen LogP contribution is 2.42. The van der Waals surface area contributed by atoms with E-state index in [0.29, 0.717) is 30.4 Å². The fourth-order valence-electron chi connectivity index (χ4n) is 4.27. The van der Waals surface area contributed by atoms with Gasteiger partial charge in [-0.05, 0) is 43.9 Å². The monoisotopic (exact) mass is 326 g/mol. The maximum absolute atomic E-state index is 12.3. The predicted octanol–water partition coefficient (Wildman–Crippen LogP) is 1.56. The van der Waals surface area contributed by atoms with Crippen LogP contribution >= 0.6 is 0 Å². The summed E-state index contributed by atoms with van der Waals surface area (Å²) in [5, 5.41) is 14.8. The van der Waals surface area contributed by atoms with E-state index >= 15 is 0 Å². The van der Waals surface area contributed by atoms with Crippen LogP contribution in [0.2, 0.25) is 0 Å². The second kappa shape index (κ2) is 6.32. The fourth-order valence-corrected chi connectivity index (χ4v) is 4.27. The summed E-state index contributed by atoms with van der Waals surface area (Å²) in [5.74, 6) is 1.06. The third-order valence-electron chi connectivity index (χ3n) is 5.33. The second-order valence-corrected chi connectivity index (χ2v) is 6.76. The number of rotatable bonds is 4. The Morgan fingerprint density at radius 2 is 2.04 bits per heavy atom. The Kier molecular flexibility index (Phi) is 4.02. The van der Waals surface area contributed by atoms with Crippen LogP contribution in [-0.4, -0.2) is 49.4 Å². The van der Waals surface area contributed by atoms with Crippen molar-refractivity contribution < 1.29 is 4.79 Å². The van der Waals surface area contributed by atoms with Gasteiger partial charge in [0.15, 0.2) is 5.82 Å². The van der Waals surface area contributed by atoms with Crippen LogP contribution in [0.15, 0.2) is 30.6 Å². The number of hydrogen-bond acceptors (Lipinski definition) is 5. The molecule has 4 rings (SSSR count). The first-order valence-electron chi connectivity index (χ1n) is 8.52. The minimum atomic E-state index is -0.00798. The minimum absolute atomic E-state index is 0.00798. The van der Waals surface area contributed by atoms with E-state index in [0.717, 1.165) is 12.8 Å². The van der Waals surface area contributed by atoms with Gasteiger partial charge in [-0.15, -0.1) is 5.10 Å². The maximum Gasteiger partial charge on any atom is 0.239 e. The molecule has 0 radical (unpaired) electrons. The molecule has 2 bridgehead atoms. The average Bonchev–Trinajstić information content (AvgIpc) is 3.08. The Bertz CT molecular complexity index is 701. The number of anilines is 1. The molecule has 1 N–H and O–H groups in total. The van der Waals surface area contributed by atoms with Crippen molar-refractivity contribution >= 4 is 11.7 Å². The van der Waals surface area contributed by atoms with E-state index in [1.54, 1.807) is 18.3 Å². The number of amides is 1. The number of aryl methyl sites for hydroxylation is 1. The van der Waals surface area contributed by atoms with Gasteiger partial charge in [0, 0.05) is 43.1 Å². The van der Waals surface area contributed by atoms with Crippen LogP contribution in [0.5, 0.6) is 0 Å². The molecule has 24 heavy (non-hydrogen) atoms. The first kappa shape index (κ1) is 15.3. The van der Waals surface area contributed by atoms with Crippen LogP contribution in [0, 0.1) is 0 Å². The number of carbonyl (C=O) groups is 1. The van der Waals surface area contributed by atoms with Crippen LogP contribution in [0.1, 0.15) is 37.3 Å². The molecule has 2 atom stereocenters. The topological polar surface area (TPSA) is 75.9 Å². The molecule has 2 aromatic heterocycles. The fraction of sp³-hybridized carbons (Fsp3) is 0.529. The van der Waals surface area contributed by atoms with Gasteiger partial charge in [0.2, 0.25) is 5.91 Å². The zero-order valence-electron chi connectivity index (χ0n) is 13.8. The number of nitrogens with zero attached hydrogens (tertiary/aromatic N) is 5. The van der Waals surface area contributed by atoms with Crippen LogP contribution < -0.4 is 5.32 Å². The van der Waals surface area contributed by atoms with Gasteiger partial charge in [-0.3, -0.25) is 14.4 Å². The molecule has 2 unspecified atom stereocenters. The third-order valence-corrected chi connectivity index (χ3v) is 5.33. The molecular formula is C17H22N6O. The highest BCUT2D eigenvalue weighted by atomic mass is 16.2. The summed E-state index contributed by atoms with van der Waals surface area (Å²) >= 11 is 0. The van der Waals surface area contributed by atoms with Crippen LogP contribution in [0.4, 0.5) is 5.82 Å². The first-order valence-corrected chi connectivity index (χ1v) is 8.52. The lowest BCUT2D eigenvalue weighted by molar-refractivity contribution is -0.118. The molecule has 1 amide bonds. The third kappa shape index (κ3) is 2.91. The van der Waals surface area contributed by atoms with Gasteiger partial charge in [-0.25, -0.2) is 0 Å². The highest BCUT2D eigenvalue weighted by molar-refractivity contribution is 5.91. The van der Waals surface area contributed by atoms with Gasteiger partial charge in [-0.1, -0.05) is 0 Å². The number of carbonyl (C=O) groups excluding carboxylic acids is 1. The van der Waals surface area contributed by atoms with E-state index in [1.165, 1.54) is 18.5 Å². The molecule has 0 aliphatic carbocycles. The number of fused-ring (bicyclic) bond motifs is 2. The Morgan fingerprint density at radius 3 is 2.67 bits per heavy atom. The molecular weight excluding hydrogens is 304 g/mol. The lowest BCUT2D eigenvalue weighted by Gasteiger charge is -2.38. The molecule has 7 heteroatoms. The number of aromatic nitrogens is 4.